The first-order valence-electron chi connectivity index (χ1n) is 6.87. The first-order valence-corrected chi connectivity index (χ1v) is 6.87. The molecular formula is C17H18N2O. The predicted molar refractivity (Wildman–Crippen MR) is 80.6 cm³/mol. The standard InChI is InChI=1S/C17H18N2O/c1-12-16(15-10-6-5-9-14(15)11-18)20-17(19-12)13-7-3-2-4-8-13/h2-10,12,16H,11,18H2,1H3/t12?,16-/m1/s1. The van der Waals surface area contributed by atoms with Gasteiger partial charge in [0.15, 0.2) is 0 Å². The average molecular weight is 266 g/mol. The molecular weight excluding hydrogens is 248 g/mol. The van der Waals surface area contributed by atoms with Crippen LogP contribution in [-0.2, 0) is 11.3 Å². The zero-order chi connectivity index (χ0) is 13.9. The molecule has 1 aliphatic heterocycles. The fourth-order valence-electron chi connectivity index (χ4n) is 2.55. The molecule has 2 atom stereocenters. The van der Waals surface area contributed by atoms with E-state index in [2.05, 4.69) is 18.0 Å². The molecule has 0 saturated heterocycles. The second-order valence-electron chi connectivity index (χ2n) is 4.98. The zero-order valence-corrected chi connectivity index (χ0v) is 11.5. The summed E-state index contributed by atoms with van der Waals surface area (Å²) >= 11 is 0. The molecule has 2 aromatic rings. The lowest BCUT2D eigenvalue weighted by Gasteiger charge is -2.18. The van der Waals surface area contributed by atoms with E-state index in [0.717, 1.165) is 22.6 Å². The van der Waals surface area contributed by atoms with Crippen LogP contribution in [0.15, 0.2) is 59.6 Å². The highest BCUT2D eigenvalue weighted by Crippen LogP contribution is 2.32. The molecule has 2 aromatic carbocycles. The molecule has 1 aliphatic rings. The molecule has 0 spiro atoms. The van der Waals surface area contributed by atoms with Gasteiger partial charge in [-0.2, -0.15) is 0 Å². The molecule has 0 aliphatic carbocycles. The molecule has 3 heteroatoms. The lowest BCUT2D eigenvalue weighted by molar-refractivity contribution is 0.201. The van der Waals surface area contributed by atoms with Crippen LogP contribution in [0, 0.1) is 0 Å². The van der Waals surface area contributed by atoms with Gasteiger partial charge >= 0.3 is 0 Å². The Bertz CT molecular complexity index is 622. The van der Waals surface area contributed by atoms with Crippen LogP contribution in [-0.4, -0.2) is 11.9 Å². The van der Waals surface area contributed by atoms with Crippen molar-refractivity contribution in [1.29, 1.82) is 0 Å². The third-order valence-electron chi connectivity index (χ3n) is 3.60. The van der Waals surface area contributed by atoms with Gasteiger partial charge in [0, 0.05) is 12.1 Å². The van der Waals surface area contributed by atoms with Crippen molar-refractivity contribution < 1.29 is 4.74 Å². The second kappa shape index (κ2) is 5.47. The fraction of sp³-hybridized carbons (Fsp3) is 0.235. The van der Waals surface area contributed by atoms with Gasteiger partial charge < -0.3 is 10.5 Å². The van der Waals surface area contributed by atoms with Gasteiger partial charge in [0.2, 0.25) is 5.90 Å². The van der Waals surface area contributed by atoms with Gasteiger partial charge in [0.1, 0.15) is 6.10 Å². The smallest absolute Gasteiger partial charge is 0.217 e. The Morgan fingerprint density at radius 3 is 2.50 bits per heavy atom. The average Bonchev–Trinajstić information content (AvgIpc) is 2.90. The first kappa shape index (κ1) is 12.9. The SMILES string of the molecule is CC1N=C(c2ccccc2)O[C@H]1c1ccccc1CN. The number of rotatable bonds is 3. The zero-order valence-electron chi connectivity index (χ0n) is 11.5. The third kappa shape index (κ3) is 2.32. The van der Waals surface area contributed by atoms with E-state index in [1.54, 1.807) is 0 Å². The number of benzene rings is 2. The highest BCUT2D eigenvalue weighted by Gasteiger charge is 2.30. The number of nitrogens with zero attached hydrogens (tertiary/aromatic N) is 1. The van der Waals surface area contributed by atoms with Crippen LogP contribution in [0.3, 0.4) is 0 Å². The Balaban J connectivity index is 1.89. The van der Waals surface area contributed by atoms with Crippen LogP contribution in [0.1, 0.15) is 29.7 Å². The van der Waals surface area contributed by atoms with Crippen molar-refractivity contribution in [2.75, 3.05) is 0 Å². The van der Waals surface area contributed by atoms with Gasteiger partial charge in [0.25, 0.3) is 0 Å². The molecule has 0 amide bonds. The van der Waals surface area contributed by atoms with E-state index >= 15 is 0 Å². The molecule has 3 nitrogen and oxygen atoms in total. The van der Waals surface area contributed by atoms with Crippen molar-refractivity contribution in [2.24, 2.45) is 10.7 Å². The normalized spacial score (nSPS) is 21.4. The number of hydrogen-bond acceptors (Lipinski definition) is 3. The largest absolute Gasteiger partial charge is 0.467 e. The maximum Gasteiger partial charge on any atom is 0.217 e. The molecule has 0 bridgehead atoms. The van der Waals surface area contributed by atoms with Crippen molar-refractivity contribution in [3.63, 3.8) is 0 Å². The molecule has 0 fully saturated rings. The van der Waals surface area contributed by atoms with Crippen LogP contribution >= 0.6 is 0 Å². The van der Waals surface area contributed by atoms with Crippen LogP contribution in [0.5, 0.6) is 0 Å². The summed E-state index contributed by atoms with van der Waals surface area (Å²) in [4.78, 5) is 4.65. The predicted octanol–water partition coefficient (Wildman–Crippen LogP) is 3.05. The molecule has 3 rings (SSSR count). The van der Waals surface area contributed by atoms with Crippen molar-refractivity contribution in [1.82, 2.24) is 0 Å². The van der Waals surface area contributed by atoms with Gasteiger partial charge in [-0.15, -0.1) is 0 Å². The Kier molecular flexibility index (Phi) is 3.52. The summed E-state index contributed by atoms with van der Waals surface area (Å²) in [5, 5.41) is 0. The minimum Gasteiger partial charge on any atom is -0.467 e. The van der Waals surface area contributed by atoms with Crippen LogP contribution in [0.2, 0.25) is 0 Å². The second-order valence-corrected chi connectivity index (χ2v) is 4.98. The lowest BCUT2D eigenvalue weighted by Crippen LogP contribution is -2.14. The van der Waals surface area contributed by atoms with Crippen molar-refractivity contribution in [2.45, 2.75) is 25.6 Å². The molecule has 1 unspecified atom stereocenters. The van der Waals surface area contributed by atoms with Gasteiger partial charge in [0.05, 0.1) is 6.04 Å². The fourth-order valence-corrected chi connectivity index (χ4v) is 2.55. The lowest BCUT2D eigenvalue weighted by atomic mass is 9.98. The molecule has 0 saturated carbocycles. The molecule has 0 aromatic heterocycles. The Morgan fingerprint density at radius 2 is 1.75 bits per heavy atom. The minimum absolute atomic E-state index is 0.0510. The van der Waals surface area contributed by atoms with Crippen LogP contribution in [0.25, 0.3) is 0 Å². The van der Waals surface area contributed by atoms with Crippen molar-refractivity contribution in [3.8, 4) is 0 Å². The van der Waals surface area contributed by atoms with Gasteiger partial charge in [-0.05, 0) is 30.2 Å². The highest BCUT2D eigenvalue weighted by molar-refractivity contribution is 5.95. The summed E-state index contributed by atoms with van der Waals surface area (Å²) in [5.41, 5.74) is 9.09. The van der Waals surface area contributed by atoms with Gasteiger partial charge in [-0.25, -0.2) is 4.99 Å². The maximum absolute atomic E-state index is 6.08. The maximum atomic E-state index is 6.08. The molecule has 102 valence electrons. The summed E-state index contributed by atoms with van der Waals surface area (Å²) < 4.78 is 6.08. The van der Waals surface area contributed by atoms with E-state index in [4.69, 9.17) is 10.5 Å². The quantitative estimate of drug-likeness (QED) is 0.928. The number of ether oxygens (including phenoxy) is 1. The van der Waals surface area contributed by atoms with E-state index in [1.807, 2.05) is 48.5 Å². The Labute approximate surface area is 119 Å². The van der Waals surface area contributed by atoms with Crippen molar-refractivity contribution >= 4 is 5.90 Å². The summed E-state index contributed by atoms with van der Waals surface area (Å²) in [6.07, 6.45) is -0.0510. The van der Waals surface area contributed by atoms with Crippen LogP contribution in [0.4, 0.5) is 0 Å². The number of nitrogens with two attached hydrogens (primary N) is 1. The van der Waals surface area contributed by atoms with Crippen LogP contribution < -0.4 is 5.73 Å². The van der Waals surface area contributed by atoms with Crippen molar-refractivity contribution in [3.05, 3.63) is 71.3 Å². The Hall–Kier alpha value is -2.13. The molecule has 20 heavy (non-hydrogen) atoms. The molecule has 2 N–H and O–H groups in total. The van der Waals surface area contributed by atoms with E-state index in [-0.39, 0.29) is 12.1 Å². The summed E-state index contributed by atoms with van der Waals surface area (Å²) in [6.45, 7) is 2.59. The molecule has 0 radical (unpaired) electrons. The highest BCUT2D eigenvalue weighted by atomic mass is 16.5. The monoisotopic (exact) mass is 266 g/mol. The minimum atomic E-state index is -0.0510. The topological polar surface area (TPSA) is 47.6 Å². The van der Waals surface area contributed by atoms with E-state index in [1.165, 1.54) is 0 Å². The Morgan fingerprint density at radius 1 is 1.05 bits per heavy atom. The van der Waals surface area contributed by atoms with Gasteiger partial charge in [-0.1, -0.05) is 42.5 Å². The van der Waals surface area contributed by atoms with E-state index in [9.17, 15) is 0 Å². The summed E-state index contributed by atoms with van der Waals surface area (Å²) in [7, 11) is 0. The summed E-state index contributed by atoms with van der Waals surface area (Å²) in [5.74, 6) is 0.718. The summed E-state index contributed by atoms with van der Waals surface area (Å²) in [6, 6.07) is 18.3. The number of aliphatic imine (C=N–C) groups is 1. The molecule has 1 heterocycles. The third-order valence-corrected chi connectivity index (χ3v) is 3.60. The van der Waals surface area contributed by atoms with E-state index in [0.29, 0.717) is 6.54 Å². The van der Waals surface area contributed by atoms with Gasteiger partial charge in [-0.3, -0.25) is 0 Å². The van der Waals surface area contributed by atoms with E-state index < -0.39 is 0 Å². The number of hydrogen-bond donors (Lipinski definition) is 1. The first-order chi connectivity index (χ1) is 9.79.